The molecule has 7 nitrogen and oxygen atoms in total. The maximum Gasteiger partial charge on any atom is 0.272 e. The normalized spacial score (nSPS) is 25.4. The summed E-state index contributed by atoms with van der Waals surface area (Å²) in [5, 5.41) is 0. The molecule has 3 saturated heterocycles. The molecule has 4 heterocycles. The Morgan fingerprint density at radius 2 is 1.94 bits per heavy atom. The van der Waals surface area contributed by atoms with Gasteiger partial charge in [-0.3, -0.25) is 4.79 Å². The van der Waals surface area contributed by atoms with Gasteiger partial charge >= 0.3 is 0 Å². The molecule has 36 heavy (non-hydrogen) atoms. The fourth-order valence-corrected chi connectivity index (χ4v) is 6.22. The standard InChI is InChI=1S/C28H37FN4O3/c1-19-26(28(34)32-11-7-20(8-12-32)15-21-10-14-36-17-25(21)35-2)30-18-31-27(19)33-13-9-22(16-33)23-5-3-4-6-24(23)29/h3-6,18,20-22,25H,7-17H2,1-2H3. The van der Waals surface area contributed by atoms with E-state index in [0.29, 0.717) is 30.7 Å². The summed E-state index contributed by atoms with van der Waals surface area (Å²) in [6.45, 7) is 6.41. The molecule has 0 N–H and O–H groups in total. The summed E-state index contributed by atoms with van der Waals surface area (Å²) < 4.78 is 25.5. The zero-order valence-electron chi connectivity index (χ0n) is 21.4. The molecule has 0 spiro atoms. The first-order chi connectivity index (χ1) is 17.5. The SMILES string of the molecule is COC1COCCC1CC1CCN(C(=O)c2ncnc(N3CCC(c4ccccc4F)C3)c2C)CC1. The number of carbonyl (C=O) groups excluding carboxylic acids is 1. The number of hydrogen-bond donors (Lipinski definition) is 0. The number of nitrogens with zero attached hydrogens (tertiary/aromatic N) is 4. The fourth-order valence-electron chi connectivity index (χ4n) is 6.22. The van der Waals surface area contributed by atoms with E-state index in [0.717, 1.165) is 75.3 Å². The highest BCUT2D eigenvalue weighted by molar-refractivity contribution is 5.94. The van der Waals surface area contributed by atoms with E-state index < -0.39 is 0 Å². The van der Waals surface area contributed by atoms with E-state index in [-0.39, 0.29) is 23.7 Å². The second kappa shape index (κ2) is 11.2. The molecule has 3 aliphatic heterocycles. The molecule has 194 valence electrons. The van der Waals surface area contributed by atoms with Crippen LogP contribution in [0.3, 0.4) is 0 Å². The lowest BCUT2D eigenvalue weighted by molar-refractivity contribution is -0.0725. The van der Waals surface area contributed by atoms with Crippen LogP contribution in [0, 0.1) is 24.6 Å². The van der Waals surface area contributed by atoms with Crippen molar-refractivity contribution < 1.29 is 18.7 Å². The largest absolute Gasteiger partial charge is 0.379 e. The van der Waals surface area contributed by atoms with Gasteiger partial charge in [0.05, 0.1) is 12.7 Å². The van der Waals surface area contributed by atoms with Gasteiger partial charge in [0.2, 0.25) is 0 Å². The van der Waals surface area contributed by atoms with Crippen LogP contribution in [-0.4, -0.2) is 73.4 Å². The Morgan fingerprint density at radius 3 is 2.72 bits per heavy atom. The van der Waals surface area contributed by atoms with E-state index in [4.69, 9.17) is 9.47 Å². The monoisotopic (exact) mass is 496 g/mol. The number of ether oxygens (including phenoxy) is 2. The van der Waals surface area contributed by atoms with Gasteiger partial charge in [-0.15, -0.1) is 0 Å². The number of halogens is 1. The number of carbonyl (C=O) groups is 1. The Hall–Kier alpha value is -2.58. The van der Waals surface area contributed by atoms with Gasteiger partial charge in [0.1, 0.15) is 23.7 Å². The van der Waals surface area contributed by atoms with E-state index in [9.17, 15) is 9.18 Å². The van der Waals surface area contributed by atoms with E-state index in [1.54, 1.807) is 13.2 Å². The van der Waals surface area contributed by atoms with E-state index in [1.165, 1.54) is 12.4 Å². The highest BCUT2D eigenvalue weighted by atomic mass is 19.1. The third-order valence-electron chi connectivity index (χ3n) is 8.37. The Morgan fingerprint density at radius 1 is 1.14 bits per heavy atom. The Labute approximate surface area is 213 Å². The molecule has 0 saturated carbocycles. The lowest BCUT2D eigenvalue weighted by Gasteiger charge is -2.37. The Bertz CT molecular complexity index is 1060. The van der Waals surface area contributed by atoms with Crippen molar-refractivity contribution in [3.05, 3.63) is 53.2 Å². The summed E-state index contributed by atoms with van der Waals surface area (Å²) in [6, 6.07) is 7.00. The van der Waals surface area contributed by atoms with Crippen molar-refractivity contribution in [3.8, 4) is 0 Å². The van der Waals surface area contributed by atoms with Crippen molar-refractivity contribution in [3.63, 3.8) is 0 Å². The van der Waals surface area contributed by atoms with Gasteiger partial charge in [-0.2, -0.15) is 0 Å². The number of aromatic nitrogens is 2. The quantitative estimate of drug-likeness (QED) is 0.597. The van der Waals surface area contributed by atoms with Gasteiger partial charge in [0.15, 0.2) is 0 Å². The van der Waals surface area contributed by atoms with Crippen LogP contribution in [0.5, 0.6) is 0 Å². The average Bonchev–Trinajstić information content (AvgIpc) is 3.39. The molecule has 0 bridgehead atoms. The van der Waals surface area contributed by atoms with Crippen molar-refractivity contribution in [1.29, 1.82) is 0 Å². The number of hydrogen-bond acceptors (Lipinski definition) is 6. The number of likely N-dealkylation sites (tertiary alicyclic amines) is 1. The average molecular weight is 497 g/mol. The number of amides is 1. The Kier molecular flexibility index (Phi) is 7.82. The van der Waals surface area contributed by atoms with E-state index in [1.807, 2.05) is 24.0 Å². The van der Waals surface area contributed by atoms with Crippen LogP contribution < -0.4 is 4.90 Å². The third kappa shape index (κ3) is 5.25. The van der Waals surface area contributed by atoms with Gasteiger partial charge < -0.3 is 19.3 Å². The van der Waals surface area contributed by atoms with Crippen molar-refractivity contribution in [2.45, 2.75) is 51.0 Å². The minimum Gasteiger partial charge on any atom is -0.379 e. The summed E-state index contributed by atoms with van der Waals surface area (Å²) in [4.78, 5) is 26.5. The molecule has 3 fully saturated rings. The minimum absolute atomic E-state index is 0.0136. The van der Waals surface area contributed by atoms with Gasteiger partial charge in [0.25, 0.3) is 5.91 Å². The van der Waals surface area contributed by atoms with Gasteiger partial charge in [-0.25, -0.2) is 14.4 Å². The predicted molar refractivity (Wildman–Crippen MR) is 136 cm³/mol. The second-order valence-corrected chi connectivity index (χ2v) is 10.5. The van der Waals surface area contributed by atoms with E-state index in [2.05, 4.69) is 14.9 Å². The van der Waals surface area contributed by atoms with Crippen molar-refractivity contribution in [1.82, 2.24) is 14.9 Å². The molecule has 1 aromatic heterocycles. The first-order valence-electron chi connectivity index (χ1n) is 13.3. The summed E-state index contributed by atoms with van der Waals surface area (Å²) in [5.41, 5.74) is 2.05. The zero-order valence-corrected chi connectivity index (χ0v) is 21.4. The first kappa shape index (κ1) is 25.1. The van der Waals surface area contributed by atoms with Crippen molar-refractivity contribution in [2.24, 2.45) is 11.8 Å². The smallest absolute Gasteiger partial charge is 0.272 e. The number of rotatable bonds is 6. The summed E-state index contributed by atoms with van der Waals surface area (Å²) in [5.74, 6) is 1.88. The highest BCUT2D eigenvalue weighted by Crippen LogP contribution is 2.34. The molecular weight excluding hydrogens is 459 g/mol. The van der Waals surface area contributed by atoms with Crippen LogP contribution in [0.25, 0.3) is 0 Å². The van der Waals surface area contributed by atoms with Crippen LogP contribution in [0.15, 0.2) is 30.6 Å². The molecular formula is C28H37FN4O3. The minimum atomic E-state index is -0.155. The molecule has 1 aromatic carbocycles. The molecule has 3 atom stereocenters. The molecule has 0 radical (unpaired) electrons. The molecule has 0 aliphatic carbocycles. The van der Waals surface area contributed by atoms with Crippen molar-refractivity contribution >= 4 is 11.7 Å². The number of anilines is 1. The zero-order chi connectivity index (χ0) is 25.1. The summed E-state index contributed by atoms with van der Waals surface area (Å²) >= 11 is 0. The molecule has 2 aromatic rings. The van der Waals surface area contributed by atoms with E-state index >= 15 is 0 Å². The second-order valence-electron chi connectivity index (χ2n) is 10.5. The highest BCUT2D eigenvalue weighted by Gasteiger charge is 2.33. The van der Waals surface area contributed by atoms with Gasteiger partial charge in [0, 0.05) is 51.4 Å². The van der Waals surface area contributed by atoms with Crippen LogP contribution >= 0.6 is 0 Å². The number of piperidine rings is 1. The topological polar surface area (TPSA) is 67.8 Å². The maximum atomic E-state index is 14.3. The molecule has 3 aliphatic rings. The molecule has 8 heteroatoms. The molecule has 1 amide bonds. The van der Waals surface area contributed by atoms with Crippen LogP contribution in [0.4, 0.5) is 10.2 Å². The third-order valence-corrected chi connectivity index (χ3v) is 8.37. The number of methoxy groups -OCH3 is 1. The van der Waals surface area contributed by atoms with Crippen LogP contribution in [0.1, 0.15) is 59.6 Å². The first-order valence-corrected chi connectivity index (χ1v) is 13.3. The van der Waals surface area contributed by atoms with Crippen LogP contribution in [0.2, 0.25) is 0 Å². The fraction of sp³-hybridized carbons (Fsp3) is 0.607. The summed E-state index contributed by atoms with van der Waals surface area (Å²) in [6.07, 6.45) is 6.74. The Balaban J connectivity index is 1.20. The van der Waals surface area contributed by atoms with Crippen molar-refractivity contribution in [2.75, 3.05) is 51.4 Å². The molecule has 5 rings (SSSR count). The van der Waals surface area contributed by atoms with Gasteiger partial charge in [-0.1, -0.05) is 18.2 Å². The lowest BCUT2D eigenvalue weighted by atomic mass is 9.82. The predicted octanol–water partition coefficient (Wildman–Crippen LogP) is 4.21. The molecule has 3 unspecified atom stereocenters. The van der Waals surface area contributed by atoms with Gasteiger partial charge in [-0.05, 0) is 62.5 Å². The summed E-state index contributed by atoms with van der Waals surface area (Å²) in [7, 11) is 1.77. The maximum absolute atomic E-state index is 14.3. The lowest BCUT2D eigenvalue weighted by Crippen LogP contribution is -2.41. The number of benzene rings is 1. The van der Waals surface area contributed by atoms with Crippen LogP contribution in [-0.2, 0) is 9.47 Å².